The Labute approximate surface area is 141 Å². The molecule has 1 heterocycles. The highest BCUT2D eigenvalue weighted by Gasteiger charge is 2.37. The van der Waals surface area contributed by atoms with Crippen LogP contribution in [-0.4, -0.2) is 60.7 Å². The quantitative estimate of drug-likeness (QED) is 0.596. The van der Waals surface area contributed by atoms with Gasteiger partial charge >= 0.3 is 5.97 Å². The largest absolute Gasteiger partial charge is 0.454 e. The number of amides is 3. The van der Waals surface area contributed by atoms with E-state index >= 15 is 0 Å². The van der Waals surface area contributed by atoms with E-state index in [1.54, 1.807) is 0 Å². The molecule has 0 saturated carbocycles. The average Bonchev–Trinajstić information content (AvgIpc) is 2.70. The third-order valence-electron chi connectivity index (χ3n) is 3.15. The first kappa shape index (κ1) is 17.2. The van der Waals surface area contributed by atoms with Crippen molar-refractivity contribution in [2.24, 2.45) is 0 Å². The van der Waals surface area contributed by atoms with E-state index in [0.717, 1.165) is 4.90 Å². The molecule has 0 bridgehead atoms. The number of hydrogen-bond donors (Lipinski definition) is 0. The Kier molecular flexibility index (Phi) is 4.91. The number of imide groups is 1. The van der Waals surface area contributed by atoms with Crippen LogP contribution in [0.1, 0.15) is 20.7 Å². The summed E-state index contributed by atoms with van der Waals surface area (Å²) in [5, 5.41) is 0.264. The highest BCUT2D eigenvalue weighted by atomic mass is 35.5. The summed E-state index contributed by atoms with van der Waals surface area (Å²) in [6.45, 7) is -1.06. The lowest BCUT2D eigenvalue weighted by Crippen LogP contribution is -2.37. The zero-order valence-electron chi connectivity index (χ0n) is 12.3. The summed E-state index contributed by atoms with van der Waals surface area (Å²) in [6.07, 6.45) is 0. The van der Waals surface area contributed by atoms with E-state index < -0.39 is 36.8 Å². The van der Waals surface area contributed by atoms with Crippen LogP contribution in [0, 0.1) is 0 Å². The zero-order chi connectivity index (χ0) is 17.3. The fourth-order valence-electron chi connectivity index (χ4n) is 1.87. The van der Waals surface area contributed by atoms with E-state index in [1.807, 2.05) is 0 Å². The summed E-state index contributed by atoms with van der Waals surface area (Å²) in [6, 6.07) is 2.56. The van der Waals surface area contributed by atoms with Crippen molar-refractivity contribution < 1.29 is 23.9 Å². The van der Waals surface area contributed by atoms with Gasteiger partial charge in [0.2, 0.25) is 0 Å². The van der Waals surface area contributed by atoms with Crippen molar-refractivity contribution in [2.45, 2.75) is 0 Å². The molecular weight excluding hydrogens is 347 g/mol. The van der Waals surface area contributed by atoms with Crippen molar-refractivity contribution in [3.05, 3.63) is 33.3 Å². The maximum Gasteiger partial charge on any atom is 0.326 e. The van der Waals surface area contributed by atoms with Crippen LogP contribution in [0.3, 0.4) is 0 Å². The third-order valence-corrected chi connectivity index (χ3v) is 3.88. The molecule has 1 aromatic rings. The summed E-state index contributed by atoms with van der Waals surface area (Å²) in [5.74, 6) is -2.62. The second-order valence-electron chi connectivity index (χ2n) is 4.96. The van der Waals surface area contributed by atoms with Crippen molar-refractivity contribution in [3.8, 4) is 0 Å². The fraction of sp³-hybridized carbons (Fsp3) is 0.286. The number of halogens is 2. The minimum atomic E-state index is -0.869. The first-order valence-electron chi connectivity index (χ1n) is 6.43. The van der Waals surface area contributed by atoms with Gasteiger partial charge in [-0.2, -0.15) is 0 Å². The number of benzene rings is 1. The van der Waals surface area contributed by atoms with Crippen molar-refractivity contribution in [3.63, 3.8) is 0 Å². The predicted molar refractivity (Wildman–Crippen MR) is 81.5 cm³/mol. The summed E-state index contributed by atoms with van der Waals surface area (Å²) in [4.78, 5) is 49.4. The van der Waals surface area contributed by atoms with Crippen LogP contribution in [0.2, 0.25) is 10.0 Å². The molecule has 23 heavy (non-hydrogen) atoms. The number of esters is 1. The molecule has 0 aliphatic carbocycles. The first-order valence-corrected chi connectivity index (χ1v) is 7.19. The van der Waals surface area contributed by atoms with Gasteiger partial charge in [-0.05, 0) is 12.1 Å². The van der Waals surface area contributed by atoms with E-state index in [9.17, 15) is 19.2 Å². The lowest BCUT2D eigenvalue weighted by molar-refractivity contribution is -0.151. The van der Waals surface area contributed by atoms with E-state index in [0.29, 0.717) is 0 Å². The molecule has 0 unspecified atom stereocenters. The molecule has 3 amide bonds. The van der Waals surface area contributed by atoms with Gasteiger partial charge in [-0.15, -0.1) is 0 Å². The van der Waals surface area contributed by atoms with Gasteiger partial charge in [-0.25, -0.2) is 0 Å². The van der Waals surface area contributed by atoms with Gasteiger partial charge in [-0.1, -0.05) is 23.2 Å². The Morgan fingerprint density at radius 2 is 1.57 bits per heavy atom. The Hall–Kier alpha value is -2.12. The minimum absolute atomic E-state index is 0.0709. The van der Waals surface area contributed by atoms with Crippen molar-refractivity contribution in [1.29, 1.82) is 0 Å². The molecule has 122 valence electrons. The van der Waals surface area contributed by atoms with Crippen molar-refractivity contribution >= 4 is 46.9 Å². The maximum absolute atomic E-state index is 12.2. The Morgan fingerprint density at radius 3 is 2.00 bits per heavy atom. The second-order valence-corrected chi connectivity index (χ2v) is 5.77. The number of carbonyl (C=O) groups is 4. The van der Waals surface area contributed by atoms with Gasteiger partial charge in [0.25, 0.3) is 17.7 Å². The molecule has 1 aromatic carbocycles. The topological polar surface area (TPSA) is 84.0 Å². The van der Waals surface area contributed by atoms with Crippen LogP contribution in [0.4, 0.5) is 0 Å². The van der Waals surface area contributed by atoms with Gasteiger partial charge in [-0.3, -0.25) is 24.1 Å². The molecule has 0 radical (unpaired) electrons. The summed E-state index contributed by atoms with van der Waals surface area (Å²) in [7, 11) is 3.02. The van der Waals surface area contributed by atoms with Crippen molar-refractivity contribution in [1.82, 2.24) is 9.80 Å². The molecular formula is C14H12Cl2N2O5. The van der Waals surface area contributed by atoms with Gasteiger partial charge < -0.3 is 9.64 Å². The Bertz CT molecular complexity index is 676. The molecule has 1 aliphatic rings. The van der Waals surface area contributed by atoms with Gasteiger partial charge in [0.05, 0.1) is 21.2 Å². The van der Waals surface area contributed by atoms with Gasteiger partial charge in [0, 0.05) is 14.1 Å². The third kappa shape index (κ3) is 3.46. The number of ether oxygens (including phenoxy) is 1. The van der Waals surface area contributed by atoms with Crippen LogP contribution in [-0.2, 0) is 14.3 Å². The highest BCUT2D eigenvalue weighted by molar-refractivity contribution is 6.43. The molecule has 1 aliphatic heterocycles. The number of rotatable bonds is 4. The van der Waals surface area contributed by atoms with Crippen molar-refractivity contribution in [2.75, 3.05) is 27.2 Å². The molecule has 0 spiro atoms. The second kappa shape index (κ2) is 6.55. The molecule has 0 saturated heterocycles. The number of carbonyl (C=O) groups excluding carboxylic acids is 4. The number of likely N-dealkylation sites (N-methyl/N-ethyl adjacent to an activating group) is 1. The predicted octanol–water partition coefficient (Wildman–Crippen LogP) is 1.22. The molecule has 0 fully saturated rings. The Morgan fingerprint density at radius 1 is 1.09 bits per heavy atom. The Balaban J connectivity index is 2.08. The number of nitrogens with zero attached hydrogens (tertiary/aromatic N) is 2. The summed E-state index contributed by atoms with van der Waals surface area (Å²) >= 11 is 11.7. The van der Waals surface area contributed by atoms with E-state index in [1.165, 1.54) is 31.1 Å². The van der Waals surface area contributed by atoms with E-state index in [4.69, 9.17) is 27.9 Å². The monoisotopic (exact) mass is 358 g/mol. The lowest BCUT2D eigenvalue weighted by atomic mass is 10.1. The molecule has 0 N–H and O–H groups in total. The lowest BCUT2D eigenvalue weighted by Gasteiger charge is -2.14. The molecule has 2 rings (SSSR count). The van der Waals surface area contributed by atoms with Crippen LogP contribution >= 0.6 is 23.2 Å². The number of hydrogen-bond acceptors (Lipinski definition) is 5. The highest BCUT2D eigenvalue weighted by Crippen LogP contribution is 2.31. The minimum Gasteiger partial charge on any atom is -0.454 e. The standard InChI is InChI=1S/C14H12Cl2N2O5/c1-17(2)11(19)6-23-12(20)5-18-13(21)7-3-9(15)10(16)4-8(7)14(18)22/h3-4H,5-6H2,1-2H3. The average molecular weight is 359 g/mol. The fourth-order valence-corrected chi connectivity index (χ4v) is 2.20. The SMILES string of the molecule is CN(C)C(=O)COC(=O)CN1C(=O)c2cc(Cl)c(Cl)cc2C1=O. The van der Waals surface area contributed by atoms with E-state index in [-0.39, 0.29) is 21.2 Å². The normalized spacial score (nSPS) is 13.1. The first-order chi connectivity index (χ1) is 10.7. The van der Waals surface area contributed by atoms with Crippen LogP contribution in [0.25, 0.3) is 0 Å². The zero-order valence-corrected chi connectivity index (χ0v) is 13.8. The van der Waals surface area contributed by atoms with Gasteiger partial charge in [0.15, 0.2) is 6.61 Å². The van der Waals surface area contributed by atoms with Crippen LogP contribution < -0.4 is 0 Å². The smallest absolute Gasteiger partial charge is 0.326 e. The maximum atomic E-state index is 12.2. The summed E-state index contributed by atoms with van der Waals surface area (Å²) in [5.41, 5.74) is 0.142. The molecule has 0 aromatic heterocycles. The molecule has 9 heteroatoms. The number of fused-ring (bicyclic) bond motifs is 1. The van der Waals surface area contributed by atoms with E-state index in [2.05, 4.69) is 0 Å². The van der Waals surface area contributed by atoms with Gasteiger partial charge in [0.1, 0.15) is 6.54 Å². The van der Waals surface area contributed by atoms with Crippen LogP contribution in [0.5, 0.6) is 0 Å². The molecule has 7 nitrogen and oxygen atoms in total. The van der Waals surface area contributed by atoms with Crippen LogP contribution in [0.15, 0.2) is 12.1 Å². The summed E-state index contributed by atoms with van der Waals surface area (Å²) < 4.78 is 4.74. The molecule has 0 atom stereocenters.